The van der Waals surface area contributed by atoms with E-state index in [4.69, 9.17) is 0 Å². The number of nitrogens with zero attached hydrogens (tertiary/aromatic N) is 1. The molecule has 0 fully saturated rings. The molecular weight excluding hydrogens is 366 g/mol. The number of benzene rings is 4. The van der Waals surface area contributed by atoms with E-state index in [1.54, 1.807) is 6.92 Å². The van der Waals surface area contributed by atoms with E-state index >= 15 is 0 Å². The van der Waals surface area contributed by atoms with Crippen LogP contribution in [0, 0.1) is 0 Å². The van der Waals surface area contributed by atoms with Gasteiger partial charge in [-0.15, -0.1) is 0 Å². The van der Waals surface area contributed by atoms with Gasteiger partial charge >= 0.3 is 0 Å². The molecule has 2 heteroatoms. The molecule has 0 aliphatic heterocycles. The first-order valence-corrected chi connectivity index (χ1v) is 10.4. The molecule has 1 amide bonds. The smallest absolute Gasteiger partial charge is 0.221 e. The third-order valence-electron chi connectivity index (χ3n) is 6.52. The summed E-state index contributed by atoms with van der Waals surface area (Å²) in [5, 5.41) is 0. The van der Waals surface area contributed by atoms with Crippen molar-refractivity contribution in [2.24, 2.45) is 0 Å². The number of rotatable bonds is 2. The van der Waals surface area contributed by atoms with E-state index in [9.17, 15) is 4.79 Å². The molecule has 2 aliphatic carbocycles. The summed E-state index contributed by atoms with van der Waals surface area (Å²) in [5.74, 6) is 0.0861. The first kappa shape index (κ1) is 17.2. The topological polar surface area (TPSA) is 20.3 Å². The minimum atomic E-state index is -0.0980. The molecule has 0 N–H and O–H groups in total. The van der Waals surface area contributed by atoms with Crippen LogP contribution in [-0.2, 0) is 4.79 Å². The second-order valence-corrected chi connectivity index (χ2v) is 8.08. The van der Waals surface area contributed by atoms with E-state index in [-0.39, 0.29) is 18.0 Å². The Kier molecular flexibility index (Phi) is 3.69. The predicted octanol–water partition coefficient (Wildman–Crippen LogP) is 6.37. The molecule has 0 atom stereocenters. The summed E-state index contributed by atoms with van der Waals surface area (Å²) in [7, 11) is 0. The SMILES string of the molecule is CC(=O)N(C1c2ccccc2-c2ccccc21)C1c2ccccc2-c2ccccc21. The van der Waals surface area contributed by atoms with Crippen LogP contribution in [0.2, 0.25) is 0 Å². The van der Waals surface area contributed by atoms with Gasteiger partial charge in [-0.05, 0) is 44.5 Å². The molecular formula is C28H21NO. The van der Waals surface area contributed by atoms with E-state index in [0.717, 1.165) is 0 Å². The first-order valence-electron chi connectivity index (χ1n) is 10.4. The second-order valence-electron chi connectivity index (χ2n) is 8.08. The minimum Gasteiger partial charge on any atom is -0.321 e. The number of hydrogen-bond acceptors (Lipinski definition) is 1. The highest BCUT2D eigenvalue weighted by Gasteiger charge is 2.42. The number of hydrogen-bond donors (Lipinski definition) is 0. The Balaban J connectivity index is 1.62. The number of carbonyl (C=O) groups excluding carboxylic acids is 1. The van der Waals surface area contributed by atoms with Crippen LogP contribution in [0.4, 0.5) is 0 Å². The van der Waals surface area contributed by atoms with Crippen LogP contribution in [-0.4, -0.2) is 10.8 Å². The molecule has 2 nitrogen and oxygen atoms in total. The monoisotopic (exact) mass is 387 g/mol. The van der Waals surface area contributed by atoms with Crippen molar-refractivity contribution in [3.8, 4) is 22.3 Å². The summed E-state index contributed by atoms with van der Waals surface area (Å²) in [5.41, 5.74) is 9.72. The molecule has 4 aromatic carbocycles. The van der Waals surface area contributed by atoms with Crippen molar-refractivity contribution in [2.75, 3.05) is 0 Å². The van der Waals surface area contributed by atoms with Gasteiger partial charge in [0.2, 0.25) is 5.91 Å². The zero-order valence-electron chi connectivity index (χ0n) is 16.7. The average molecular weight is 387 g/mol. The molecule has 0 aromatic heterocycles. The van der Waals surface area contributed by atoms with Crippen LogP contribution in [0.15, 0.2) is 97.1 Å². The van der Waals surface area contributed by atoms with E-state index in [0.29, 0.717) is 0 Å². The molecule has 0 spiro atoms. The summed E-state index contributed by atoms with van der Waals surface area (Å²) >= 11 is 0. The Morgan fingerprint density at radius 3 is 1.07 bits per heavy atom. The molecule has 0 heterocycles. The van der Waals surface area contributed by atoms with Crippen molar-refractivity contribution in [1.29, 1.82) is 0 Å². The van der Waals surface area contributed by atoms with Crippen molar-refractivity contribution in [2.45, 2.75) is 19.0 Å². The lowest BCUT2D eigenvalue weighted by Crippen LogP contribution is -2.36. The lowest BCUT2D eigenvalue weighted by molar-refractivity contribution is -0.132. The summed E-state index contributed by atoms with van der Waals surface area (Å²) in [6.45, 7) is 1.70. The molecule has 0 saturated heterocycles. The fourth-order valence-corrected chi connectivity index (χ4v) is 5.37. The Hall–Kier alpha value is -3.65. The maximum Gasteiger partial charge on any atom is 0.221 e. The fourth-order valence-electron chi connectivity index (χ4n) is 5.37. The van der Waals surface area contributed by atoms with Gasteiger partial charge in [-0.3, -0.25) is 4.79 Å². The van der Waals surface area contributed by atoms with Crippen LogP contribution in [0.25, 0.3) is 22.3 Å². The maximum atomic E-state index is 13.3. The molecule has 0 saturated carbocycles. The Morgan fingerprint density at radius 1 is 0.533 bits per heavy atom. The van der Waals surface area contributed by atoms with Gasteiger partial charge in [0.25, 0.3) is 0 Å². The van der Waals surface area contributed by atoms with E-state index in [2.05, 4.69) is 102 Å². The summed E-state index contributed by atoms with van der Waals surface area (Å²) in [6.07, 6.45) is 0. The first-order chi connectivity index (χ1) is 14.8. The van der Waals surface area contributed by atoms with E-state index in [1.807, 2.05) is 0 Å². The van der Waals surface area contributed by atoms with Crippen LogP contribution in [0.5, 0.6) is 0 Å². The fraction of sp³-hybridized carbons (Fsp3) is 0.107. The molecule has 0 radical (unpaired) electrons. The quantitative estimate of drug-likeness (QED) is 0.391. The average Bonchev–Trinajstić information content (AvgIpc) is 3.29. The van der Waals surface area contributed by atoms with Gasteiger partial charge < -0.3 is 4.90 Å². The van der Waals surface area contributed by atoms with Crippen molar-refractivity contribution < 1.29 is 4.79 Å². The Bertz CT molecular complexity index is 1120. The van der Waals surface area contributed by atoms with Crippen LogP contribution in [0.1, 0.15) is 41.3 Å². The van der Waals surface area contributed by atoms with Gasteiger partial charge in [-0.2, -0.15) is 0 Å². The maximum absolute atomic E-state index is 13.3. The third kappa shape index (κ3) is 2.28. The number of carbonyl (C=O) groups is 1. The van der Waals surface area contributed by atoms with Gasteiger partial charge in [-0.25, -0.2) is 0 Å². The number of amides is 1. The standard InChI is InChI=1S/C28H21NO/c1-18(30)29(27-23-14-6-2-10-19(23)20-11-3-7-15-24(20)27)28-25-16-8-4-12-21(25)22-13-5-9-17-26(22)28/h2-17,27-28H,1H3. The molecule has 144 valence electrons. The van der Waals surface area contributed by atoms with Crippen molar-refractivity contribution >= 4 is 5.91 Å². The lowest BCUT2D eigenvalue weighted by atomic mass is 9.96. The van der Waals surface area contributed by atoms with Gasteiger partial charge in [-0.1, -0.05) is 97.1 Å². The van der Waals surface area contributed by atoms with Gasteiger partial charge in [0.1, 0.15) is 0 Å². The second kappa shape index (κ2) is 6.43. The largest absolute Gasteiger partial charge is 0.321 e. The minimum absolute atomic E-state index is 0.0861. The van der Waals surface area contributed by atoms with E-state index in [1.165, 1.54) is 44.5 Å². The molecule has 0 bridgehead atoms. The summed E-state index contributed by atoms with van der Waals surface area (Å²) in [6, 6.07) is 33.8. The van der Waals surface area contributed by atoms with Crippen molar-refractivity contribution in [1.82, 2.24) is 4.90 Å². The Morgan fingerprint density at radius 2 is 0.800 bits per heavy atom. The molecule has 2 aliphatic rings. The van der Waals surface area contributed by atoms with Crippen LogP contribution in [0.3, 0.4) is 0 Å². The molecule has 0 unspecified atom stereocenters. The highest BCUT2D eigenvalue weighted by Crippen LogP contribution is 2.53. The van der Waals surface area contributed by atoms with Crippen molar-refractivity contribution in [3.63, 3.8) is 0 Å². The predicted molar refractivity (Wildman–Crippen MR) is 120 cm³/mol. The van der Waals surface area contributed by atoms with Gasteiger partial charge in [0, 0.05) is 6.92 Å². The Labute approximate surface area is 176 Å². The zero-order chi connectivity index (χ0) is 20.2. The normalized spacial score (nSPS) is 14.0. The molecule has 4 aromatic rings. The third-order valence-corrected chi connectivity index (χ3v) is 6.52. The summed E-state index contributed by atoms with van der Waals surface area (Å²) in [4.78, 5) is 15.4. The lowest BCUT2D eigenvalue weighted by Gasteiger charge is -2.36. The van der Waals surface area contributed by atoms with Crippen LogP contribution < -0.4 is 0 Å². The van der Waals surface area contributed by atoms with Crippen molar-refractivity contribution in [3.05, 3.63) is 119 Å². The van der Waals surface area contributed by atoms with Gasteiger partial charge in [0.05, 0.1) is 12.1 Å². The highest BCUT2D eigenvalue weighted by molar-refractivity contribution is 5.86. The van der Waals surface area contributed by atoms with Gasteiger partial charge in [0.15, 0.2) is 0 Å². The number of fused-ring (bicyclic) bond motifs is 6. The van der Waals surface area contributed by atoms with Crippen LogP contribution >= 0.6 is 0 Å². The van der Waals surface area contributed by atoms with E-state index < -0.39 is 0 Å². The highest BCUT2D eigenvalue weighted by atomic mass is 16.2. The molecule has 30 heavy (non-hydrogen) atoms. The summed E-state index contributed by atoms with van der Waals surface area (Å²) < 4.78 is 0. The zero-order valence-corrected chi connectivity index (χ0v) is 16.7. The molecule has 6 rings (SSSR count).